The lowest BCUT2D eigenvalue weighted by atomic mass is 9.97. The number of anilines is 1. The first-order chi connectivity index (χ1) is 13.8. The Kier molecular flexibility index (Phi) is 4.54. The first-order valence-electron chi connectivity index (χ1n) is 10.2. The number of nitrogens with zero attached hydrogens (tertiary/aromatic N) is 7. The molecule has 0 saturated carbocycles. The quantitative estimate of drug-likeness (QED) is 0.688. The molecule has 0 N–H and O–H groups in total. The molecule has 8 heteroatoms. The lowest BCUT2D eigenvalue weighted by molar-refractivity contribution is 0.213. The van der Waals surface area contributed by atoms with Crippen molar-refractivity contribution >= 4 is 11.5 Å². The van der Waals surface area contributed by atoms with Crippen LogP contribution in [-0.4, -0.2) is 49.7 Å². The van der Waals surface area contributed by atoms with Crippen molar-refractivity contribution in [3.8, 4) is 5.88 Å². The Morgan fingerprint density at radius 1 is 1.04 bits per heavy atom. The molecule has 1 fully saturated rings. The fourth-order valence-electron chi connectivity index (χ4n) is 4.13. The normalized spacial score (nSPS) is 17.7. The zero-order valence-corrected chi connectivity index (χ0v) is 16.2. The first-order valence-corrected chi connectivity index (χ1v) is 10.2. The summed E-state index contributed by atoms with van der Waals surface area (Å²) in [6.07, 6.45) is 6.78. The van der Waals surface area contributed by atoms with Crippen LogP contribution in [0.1, 0.15) is 42.8 Å². The Morgan fingerprint density at radius 2 is 1.89 bits per heavy atom. The van der Waals surface area contributed by atoms with Crippen LogP contribution in [0.25, 0.3) is 5.65 Å². The van der Waals surface area contributed by atoms with E-state index in [4.69, 9.17) is 4.74 Å². The van der Waals surface area contributed by atoms with Gasteiger partial charge in [0.15, 0.2) is 11.5 Å². The van der Waals surface area contributed by atoms with Crippen LogP contribution in [0.15, 0.2) is 18.2 Å². The zero-order chi connectivity index (χ0) is 18.9. The van der Waals surface area contributed by atoms with Gasteiger partial charge >= 0.3 is 0 Å². The zero-order valence-electron chi connectivity index (χ0n) is 16.2. The molecule has 4 heterocycles. The molecule has 3 aromatic heterocycles. The van der Waals surface area contributed by atoms with Crippen LogP contribution in [0, 0.1) is 12.8 Å². The maximum atomic E-state index is 5.99. The van der Waals surface area contributed by atoms with E-state index in [-0.39, 0.29) is 0 Å². The predicted octanol–water partition coefficient (Wildman–Crippen LogP) is 2.40. The molecule has 3 aromatic rings. The molecule has 1 saturated heterocycles. The van der Waals surface area contributed by atoms with Crippen molar-refractivity contribution in [3.05, 3.63) is 35.3 Å². The minimum absolute atomic E-state index is 0.537. The summed E-state index contributed by atoms with van der Waals surface area (Å²) in [7, 11) is 0. The Labute approximate surface area is 163 Å². The predicted molar refractivity (Wildman–Crippen MR) is 105 cm³/mol. The molecule has 0 radical (unpaired) electrons. The summed E-state index contributed by atoms with van der Waals surface area (Å²) in [5.41, 5.74) is 3.26. The highest BCUT2D eigenvalue weighted by Crippen LogP contribution is 2.24. The third-order valence-electron chi connectivity index (χ3n) is 5.86. The third-order valence-corrected chi connectivity index (χ3v) is 5.86. The second-order valence-corrected chi connectivity index (χ2v) is 7.81. The number of hydrogen-bond donors (Lipinski definition) is 0. The smallest absolute Gasteiger partial charge is 0.233 e. The van der Waals surface area contributed by atoms with Crippen molar-refractivity contribution in [2.24, 2.45) is 5.92 Å². The van der Waals surface area contributed by atoms with Crippen molar-refractivity contribution in [1.29, 1.82) is 0 Å². The summed E-state index contributed by atoms with van der Waals surface area (Å²) in [5, 5.41) is 21.5. The summed E-state index contributed by atoms with van der Waals surface area (Å²) in [5.74, 6) is 3.01. The maximum Gasteiger partial charge on any atom is 0.233 e. The minimum Gasteiger partial charge on any atom is -0.476 e. The van der Waals surface area contributed by atoms with E-state index in [9.17, 15) is 0 Å². The van der Waals surface area contributed by atoms with Gasteiger partial charge in [0.05, 0.1) is 12.3 Å². The molecule has 5 rings (SSSR count). The van der Waals surface area contributed by atoms with E-state index in [2.05, 4.69) is 36.5 Å². The molecule has 0 amide bonds. The van der Waals surface area contributed by atoms with Crippen molar-refractivity contribution in [2.75, 3.05) is 24.6 Å². The fourth-order valence-corrected chi connectivity index (χ4v) is 4.13. The standard InChI is InChI=1S/C20H25N7O/c1-14-21-23-18-6-7-19(25-27(14)18)26-10-8-15(9-11-26)13-28-20-12-16-4-2-3-5-17(16)22-24-20/h6-7,12,15H,2-5,8-11,13H2,1H3. The SMILES string of the molecule is Cc1nnc2ccc(N3CCC(COc4cc5c(nn4)CCCC5)CC3)nn12. The van der Waals surface area contributed by atoms with Crippen molar-refractivity contribution in [1.82, 2.24) is 30.0 Å². The van der Waals surface area contributed by atoms with Gasteiger partial charge in [0.2, 0.25) is 5.88 Å². The van der Waals surface area contributed by atoms with Gasteiger partial charge in [0.25, 0.3) is 0 Å². The van der Waals surface area contributed by atoms with E-state index < -0.39 is 0 Å². The average molecular weight is 379 g/mol. The molecule has 0 bridgehead atoms. The molecule has 1 aliphatic heterocycles. The minimum atomic E-state index is 0.537. The molecule has 0 unspecified atom stereocenters. The van der Waals surface area contributed by atoms with Gasteiger partial charge in [-0.05, 0) is 69.1 Å². The number of fused-ring (bicyclic) bond motifs is 2. The van der Waals surface area contributed by atoms with E-state index in [1.165, 1.54) is 18.4 Å². The highest BCUT2D eigenvalue weighted by molar-refractivity contribution is 5.45. The monoisotopic (exact) mass is 379 g/mol. The average Bonchev–Trinajstić information content (AvgIpc) is 3.13. The Hall–Kier alpha value is -2.77. The fraction of sp³-hybridized carbons (Fsp3) is 0.550. The second kappa shape index (κ2) is 7.33. The number of ether oxygens (including phenoxy) is 1. The maximum absolute atomic E-state index is 5.99. The largest absolute Gasteiger partial charge is 0.476 e. The molecule has 0 spiro atoms. The lowest BCUT2D eigenvalue weighted by Crippen LogP contribution is -2.36. The summed E-state index contributed by atoms with van der Waals surface area (Å²) in [6, 6.07) is 6.10. The van der Waals surface area contributed by atoms with Crippen molar-refractivity contribution < 1.29 is 4.74 Å². The van der Waals surface area contributed by atoms with Crippen molar-refractivity contribution in [2.45, 2.75) is 45.4 Å². The Bertz CT molecular complexity index is 978. The third kappa shape index (κ3) is 3.39. The molecule has 0 atom stereocenters. The van der Waals surface area contributed by atoms with E-state index in [0.29, 0.717) is 18.4 Å². The molecule has 28 heavy (non-hydrogen) atoms. The van der Waals surface area contributed by atoms with E-state index >= 15 is 0 Å². The van der Waals surface area contributed by atoms with Gasteiger partial charge < -0.3 is 9.64 Å². The van der Waals surface area contributed by atoms with Crippen LogP contribution in [0.4, 0.5) is 5.82 Å². The molecule has 2 aliphatic rings. The molecule has 146 valence electrons. The highest BCUT2D eigenvalue weighted by Gasteiger charge is 2.22. The summed E-state index contributed by atoms with van der Waals surface area (Å²) in [6.45, 7) is 4.58. The number of aromatic nitrogens is 6. The van der Waals surface area contributed by atoms with Gasteiger partial charge in [0.1, 0.15) is 5.82 Å². The van der Waals surface area contributed by atoms with Gasteiger partial charge in [-0.3, -0.25) is 0 Å². The summed E-state index contributed by atoms with van der Waals surface area (Å²) in [4.78, 5) is 2.33. The lowest BCUT2D eigenvalue weighted by Gasteiger charge is -2.32. The van der Waals surface area contributed by atoms with Crippen LogP contribution in [0.3, 0.4) is 0 Å². The van der Waals surface area contributed by atoms with Gasteiger partial charge in [-0.2, -0.15) is 9.61 Å². The van der Waals surface area contributed by atoms with Crippen LogP contribution >= 0.6 is 0 Å². The molecule has 1 aliphatic carbocycles. The number of rotatable bonds is 4. The van der Waals surface area contributed by atoms with E-state index in [0.717, 1.165) is 61.8 Å². The molecular formula is C20H25N7O. The van der Waals surface area contributed by atoms with Crippen LogP contribution in [0.2, 0.25) is 0 Å². The topological polar surface area (TPSA) is 81.3 Å². The molecule has 8 nitrogen and oxygen atoms in total. The molecular weight excluding hydrogens is 354 g/mol. The number of hydrogen-bond acceptors (Lipinski definition) is 7. The Balaban J connectivity index is 1.17. The number of piperidine rings is 1. The van der Waals surface area contributed by atoms with Gasteiger partial charge in [-0.15, -0.1) is 20.4 Å². The van der Waals surface area contributed by atoms with Crippen LogP contribution in [0.5, 0.6) is 5.88 Å². The summed E-state index contributed by atoms with van der Waals surface area (Å²) >= 11 is 0. The van der Waals surface area contributed by atoms with Gasteiger partial charge in [-0.25, -0.2) is 0 Å². The van der Waals surface area contributed by atoms with Gasteiger partial charge in [0, 0.05) is 19.2 Å². The Morgan fingerprint density at radius 3 is 2.79 bits per heavy atom. The number of aryl methyl sites for hydroxylation is 3. The van der Waals surface area contributed by atoms with Crippen LogP contribution in [-0.2, 0) is 12.8 Å². The first kappa shape index (κ1) is 17.3. The summed E-state index contributed by atoms with van der Waals surface area (Å²) < 4.78 is 7.79. The molecule has 0 aromatic carbocycles. The van der Waals surface area contributed by atoms with Crippen molar-refractivity contribution in [3.63, 3.8) is 0 Å². The van der Waals surface area contributed by atoms with E-state index in [1.54, 1.807) is 4.52 Å². The van der Waals surface area contributed by atoms with Crippen LogP contribution < -0.4 is 9.64 Å². The van der Waals surface area contributed by atoms with E-state index in [1.807, 2.05) is 19.1 Å². The van der Waals surface area contributed by atoms with Gasteiger partial charge in [-0.1, -0.05) is 0 Å². The highest BCUT2D eigenvalue weighted by atomic mass is 16.5. The second-order valence-electron chi connectivity index (χ2n) is 7.81.